The Morgan fingerprint density at radius 1 is 1.46 bits per heavy atom. The van der Waals surface area contributed by atoms with E-state index in [9.17, 15) is 5.11 Å². The number of aliphatic hydroxyl groups excluding tert-OH is 1. The van der Waals surface area contributed by atoms with E-state index in [1.165, 1.54) is 12.8 Å². The second-order valence-corrected chi connectivity index (χ2v) is 4.09. The third-order valence-electron chi connectivity index (χ3n) is 2.99. The highest BCUT2D eigenvalue weighted by Gasteiger charge is 2.43. The standard InChI is InChI=1S/C10H18O3/c1-2-10(11)12-6-7-3-4-8-9(5-7)13-8/h7-11H,2-6H2,1H3. The van der Waals surface area contributed by atoms with Crippen LogP contribution in [0.3, 0.4) is 0 Å². The summed E-state index contributed by atoms with van der Waals surface area (Å²) in [5, 5.41) is 9.21. The monoisotopic (exact) mass is 186 g/mol. The van der Waals surface area contributed by atoms with Gasteiger partial charge in [-0.3, -0.25) is 0 Å². The maximum absolute atomic E-state index is 9.21. The first-order valence-electron chi connectivity index (χ1n) is 5.24. The van der Waals surface area contributed by atoms with Gasteiger partial charge in [0, 0.05) is 0 Å². The lowest BCUT2D eigenvalue weighted by molar-refractivity contribution is -0.112. The van der Waals surface area contributed by atoms with Crippen LogP contribution in [0.2, 0.25) is 0 Å². The van der Waals surface area contributed by atoms with Gasteiger partial charge in [-0.05, 0) is 31.6 Å². The Morgan fingerprint density at radius 2 is 2.31 bits per heavy atom. The first-order chi connectivity index (χ1) is 6.29. The summed E-state index contributed by atoms with van der Waals surface area (Å²) < 4.78 is 10.7. The average molecular weight is 186 g/mol. The molecule has 1 saturated carbocycles. The van der Waals surface area contributed by atoms with Crippen LogP contribution in [0, 0.1) is 5.92 Å². The fourth-order valence-electron chi connectivity index (χ4n) is 2.00. The lowest BCUT2D eigenvalue weighted by Gasteiger charge is -2.20. The second-order valence-electron chi connectivity index (χ2n) is 4.09. The molecule has 0 aromatic heterocycles. The molecule has 1 saturated heterocycles. The summed E-state index contributed by atoms with van der Waals surface area (Å²) in [5.41, 5.74) is 0. The predicted molar refractivity (Wildman–Crippen MR) is 48.3 cm³/mol. The Labute approximate surface area is 79.0 Å². The van der Waals surface area contributed by atoms with Gasteiger partial charge in [-0.1, -0.05) is 6.92 Å². The molecule has 0 aromatic carbocycles. The number of hydrogen-bond donors (Lipinski definition) is 1. The molecule has 4 unspecified atom stereocenters. The molecule has 1 heterocycles. The van der Waals surface area contributed by atoms with Gasteiger partial charge in [0.15, 0.2) is 6.29 Å². The summed E-state index contributed by atoms with van der Waals surface area (Å²) in [4.78, 5) is 0. The molecule has 0 spiro atoms. The van der Waals surface area contributed by atoms with Gasteiger partial charge < -0.3 is 14.6 Å². The van der Waals surface area contributed by atoms with Gasteiger partial charge in [0.05, 0.1) is 18.8 Å². The molecule has 1 N–H and O–H groups in total. The minimum absolute atomic E-state index is 0.515. The van der Waals surface area contributed by atoms with Crippen molar-refractivity contribution in [1.82, 2.24) is 0 Å². The van der Waals surface area contributed by atoms with Crippen molar-refractivity contribution < 1.29 is 14.6 Å². The Bertz CT molecular complexity index is 172. The van der Waals surface area contributed by atoms with E-state index in [1.54, 1.807) is 0 Å². The zero-order valence-electron chi connectivity index (χ0n) is 8.11. The zero-order chi connectivity index (χ0) is 9.26. The fourth-order valence-corrected chi connectivity index (χ4v) is 2.00. The predicted octanol–water partition coefficient (Wildman–Crippen LogP) is 1.30. The van der Waals surface area contributed by atoms with E-state index in [0.29, 0.717) is 31.2 Å². The van der Waals surface area contributed by atoms with Crippen LogP contribution in [0.5, 0.6) is 0 Å². The van der Waals surface area contributed by atoms with Crippen LogP contribution in [-0.2, 0) is 9.47 Å². The van der Waals surface area contributed by atoms with Gasteiger partial charge in [-0.15, -0.1) is 0 Å². The number of ether oxygens (including phenoxy) is 2. The molecule has 76 valence electrons. The Hall–Kier alpha value is -0.120. The van der Waals surface area contributed by atoms with Gasteiger partial charge in [-0.2, -0.15) is 0 Å². The van der Waals surface area contributed by atoms with Crippen molar-refractivity contribution in [3.05, 3.63) is 0 Å². The molecule has 2 fully saturated rings. The summed E-state index contributed by atoms with van der Waals surface area (Å²) in [6.45, 7) is 2.62. The van der Waals surface area contributed by atoms with E-state index in [-0.39, 0.29) is 0 Å². The number of rotatable bonds is 4. The molecule has 1 aliphatic heterocycles. The summed E-state index contributed by atoms with van der Waals surface area (Å²) in [6, 6.07) is 0. The smallest absolute Gasteiger partial charge is 0.154 e. The third kappa shape index (κ3) is 2.42. The molecule has 3 nitrogen and oxygen atoms in total. The average Bonchev–Trinajstić information content (AvgIpc) is 2.91. The summed E-state index contributed by atoms with van der Waals surface area (Å²) in [6.07, 6.45) is 4.68. The molecule has 4 atom stereocenters. The van der Waals surface area contributed by atoms with Crippen molar-refractivity contribution in [1.29, 1.82) is 0 Å². The van der Waals surface area contributed by atoms with Crippen LogP contribution < -0.4 is 0 Å². The molecule has 0 amide bonds. The van der Waals surface area contributed by atoms with Gasteiger partial charge in [-0.25, -0.2) is 0 Å². The Morgan fingerprint density at radius 3 is 3.00 bits per heavy atom. The molecule has 2 rings (SSSR count). The van der Waals surface area contributed by atoms with Crippen LogP contribution in [0.15, 0.2) is 0 Å². The van der Waals surface area contributed by atoms with Crippen molar-refractivity contribution in [2.75, 3.05) is 6.61 Å². The lowest BCUT2D eigenvalue weighted by atomic mass is 9.90. The molecule has 2 aliphatic rings. The van der Waals surface area contributed by atoms with Crippen LogP contribution in [0.25, 0.3) is 0 Å². The SMILES string of the molecule is CCC(O)OCC1CCC2OC2C1. The summed E-state index contributed by atoms with van der Waals surface area (Å²) >= 11 is 0. The van der Waals surface area contributed by atoms with Crippen LogP contribution >= 0.6 is 0 Å². The highest BCUT2D eigenvalue weighted by Crippen LogP contribution is 2.39. The van der Waals surface area contributed by atoms with E-state index >= 15 is 0 Å². The van der Waals surface area contributed by atoms with Crippen molar-refractivity contribution in [2.24, 2.45) is 5.92 Å². The van der Waals surface area contributed by atoms with E-state index in [0.717, 1.165) is 6.42 Å². The molecule has 0 aromatic rings. The fraction of sp³-hybridized carbons (Fsp3) is 1.00. The van der Waals surface area contributed by atoms with Crippen LogP contribution in [-0.4, -0.2) is 30.2 Å². The highest BCUT2D eigenvalue weighted by atomic mass is 16.6. The highest BCUT2D eigenvalue weighted by molar-refractivity contribution is 4.91. The minimum atomic E-state index is -0.571. The number of aliphatic hydroxyl groups is 1. The number of epoxide rings is 1. The normalized spacial score (nSPS) is 39.7. The van der Waals surface area contributed by atoms with Gasteiger partial charge in [0.2, 0.25) is 0 Å². The zero-order valence-corrected chi connectivity index (χ0v) is 8.11. The Balaban J connectivity index is 1.64. The molecular weight excluding hydrogens is 168 g/mol. The van der Waals surface area contributed by atoms with Crippen molar-refractivity contribution in [2.45, 2.75) is 51.1 Å². The topological polar surface area (TPSA) is 42.0 Å². The largest absolute Gasteiger partial charge is 0.370 e. The molecule has 0 radical (unpaired) electrons. The van der Waals surface area contributed by atoms with Crippen molar-refractivity contribution in [3.63, 3.8) is 0 Å². The Kier molecular flexibility index (Phi) is 2.86. The van der Waals surface area contributed by atoms with E-state index in [1.807, 2.05) is 6.92 Å². The maximum Gasteiger partial charge on any atom is 0.154 e. The number of hydrogen-bond acceptors (Lipinski definition) is 3. The molecule has 1 aliphatic carbocycles. The second kappa shape index (κ2) is 3.95. The molecular formula is C10H18O3. The van der Waals surface area contributed by atoms with Crippen LogP contribution in [0.4, 0.5) is 0 Å². The summed E-state index contributed by atoms with van der Waals surface area (Å²) in [7, 11) is 0. The molecule has 3 heteroatoms. The third-order valence-corrected chi connectivity index (χ3v) is 2.99. The first kappa shape index (κ1) is 9.44. The van der Waals surface area contributed by atoms with Gasteiger partial charge >= 0.3 is 0 Å². The van der Waals surface area contributed by atoms with Gasteiger partial charge in [0.1, 0.15) is 0 Å². The lowest BCUT2D eigenvalue weighted by Crippen LogP contribution is -2.22. The van der Waals surface area contributed by atoms with Crippen molar-refractivity contribution in [3.8, 4) is 0 Å². The van der Waals surface area contributed by atoms with Crippen molar-refractivity contribution >= 4 is 0 Å². The van der Waals surface area contributed by atoms with E-state index in [2.05, 4.69) is 0 Å². The maximum atomic E-state index is 9.21. The molecule has 0 bridgehead atoms. The molecule has 13 heavy (non-hydrogen) atoms. The minimum Gasteiger partial charge on any atom is -0.370 e. The summed E-state index contributed by atoms with van der Waals surface area (Å²) in [5.74, 6) is 0.602. The van der Waals surface area contributed by atoms with Gasteiger partial charge in [0.25, 0.3) is 0 Å². The van der Waals surface area contributed by atoms with E-state index < -0.39 is 6.29 Å². The number of fused-ring (bicyclic) bond motifs is 1. The van der Waals surface area contributed by atoms with E-state index in [4.69, 9.17) is 9.47 Å². The quantitative estimate of drug-likeness (QED) is 0.531. The first-order valence-corrected chi connectivity index (χ1v) is 5.24. The van der Waals surface area contributed by atoms with Crippen LogP contribution in [0.1, 0.15) is 32.6 Å².